The molecule has 7 nitrogen and oxygen atoms in total. The molecule has 4 rings (SSSR count). The molecule has 0 unspecified atom stereocenters. The zero-order valence-electron chi connectivity index (χ0n) is 20.4. The van der Waals surface area contributed by atoms with Gasteiger partial charge in [0.05, 0.1) is 6.61 Å². The van der Waals surface area contributed by atoms with Crippen molar-refractivity contribution in [2.24, 2.45) is 5.92 Å². The lowest BCUT2D eigenvalue weighted by Crippen LogP contribution is -2.60. The van der Waals surface area contributed by atoms with Crippen LogP contribution in [0, 0.1) is 18.7 Å². The van der Waals surface area contributed by atoms with Crippen molar-refractivity contribution in [3.63, 3.8) is 0 Å². The Kier molecular flexibility index (Phi) is 7.21. The number of hydrogen-bond donors (Lipinski definition) is 1. The summed E-state index contributed by atoms with van der Waals surface area (Å²) in [6.07, 6.45) is 0.721. The molecule has 2 aliphatic heterocycles. The fourth-order valence-electron chi connectivity index (χ4n) is 4.77. The maximum Gasteiger partial charge on any atom is 0.256 e. The lowest BCUT2D eigenvalue weighted by Gasteiger charge is -2.44. The highest BCUT2D eigenvalue weighted by atomic mass is 19.1. The summed E-state index contributed by atoms with van der Waals surface area (Å²) in [6.45, 7) is 7.18. The molecule has 2 aromatic rings. The summed E-state index contributed by atoms with van der Waals surface area (Å²) < 4.78 is 19.8. The number of nitrogens with one attached hydrogen (secondary N) is 1. The van der Waals surface area contributed by atoms with Crippen LogP contribution in [0.25, 0.3) is 0 Å². The van der Waals surface area contributed by atoms with E-state index in [1.807, 2.05) is 32.9 Å². The number of benzene rings is 2. The molecule has 2 aromatic carbocycles. The molecule has 0 radical (unpaired) electrons. The van der Waals surface area contributed by atoms with Gasteiger partial charge in [0, 0.05) is 43.6 Å². The van der Waals surface area contributed by atoms with Gasteiger partial charge in [0.25, 0.3) is 11.8 Å². The summed E-state index contributed by atoms with van der Waals surface area (Å²) in [6, 6.07) is 12.1. The van der Waals surface area contributed by atoms with E-state index < -0.39 is 17.6 Å². The van der Waals surface area contributed by atoms with E-state index in [2.05, 4.69) is 5.32 Å². The Morgan fingerprint density at radius 3 is 2.34 bits per heavy atom. The van der Waals surface area contributed by atoms with E-state index in [1.54, 1.807) is 28.0 Å². The third-order valence-electron chi connectivity index (χ3n) is 6.64. The molecule has 35 heavy (non-hydrogen) atoms. The van der Waals surface area contributed by atoms with Crippen LogP contribution in [0.3, 0.4) is 0 Å². The number of amides is 3. The summed E-state index contributed by atoms with van der Waals surface area (Å²) in [5.41, 5.74) is 0.738. The number of rotatable bonds is 5. The molecule has 1 N–H and O–H groups in total. The van der Waals surface area contributed by atoms with Gasteiger partial charge in [0.15, 0.2) is 0 Å². The van der Waals surface area contributed by atoms with Gasteiger partial charge in [-0.1, -0.05) is 37.6 Å². The lowest BCUT2D eigenvalue weighted by atomic mass is 9.95. The molecule has 8 heteroatoms. The molecule has 0 aromatic heterocycles. The van der Waals surface area contributed by atoms with Crippen LogP contribution in [0.5, 0.6) is 0 Å². The van der Waals surface area contributed by atoms with Gasteiger partial charge in [-0.25, -0.2) is 4.39 Å². The molecule has 0 saturated carbocycles. The van der Waals surface area contributed by atoms with Gasteiger partial charge in [-0.2, -0.15) is 0 Å². The zero-order chi connectivity index (χ0) is 25.2. The van der Waals surface area contributed by atoms with Crippen LogP contribution in [-0.2, 0) is 9.53 Å². The Balaban J connectivity index is 1.57. The largest absolute Gasteiger partial charge is 0.354 e. The minimum Gasteiger partial charge on any atom is -0.354 e. The number of carbonyl (C=O) groups is 3. The first-order chi connectivity index (χ1) is 16.7. The first-order valence-corrected chi connectivity index (χ1v) is 12.1. The van der Waals surface area contributed by atoms with E-state index in [0.29, 0.717) is 38.0 Å². The van der Waals surface area contributed by atoms with Crippen LogP contribution in [0.4, 0.5) is 4.39 Å². The SMILES string of the molecule is Cc1cccc(C(=O)N2[C@@H](C(=O)NCC(C)C)COC23CCN(C(=O)c2cccc(F)c2)CC3)c1. The van der Waals surface area contributed by atoms with E-state index in [4.69, 9.17) is 4.74 Å². The zero-order valence-corrected chi connectivity index (χ0v) is 20.4. The predicted octanol–water partition coefficient (Wildman–Crippen LogP) is 3.38. The van der Waals surface area contributed by atoms with Crippen molar-refractivity contribution in [3.8, 4) is 0 Å². The monoisotopic (exact) mass is 481 g/mol. The van der Waals surface area contributed by atoms with Crippen LogP contribution >= 0.6 is 0 Å². The molecule has 0 bridgehead atoms. The van der Waals surface area contributed by atoms with Crippen LogP contribution in [0.15, 0.2) is 48.5 Å². The van der Waals surface area contributed by atoms with Crippen LogP contribution in [0.2, 0.25) is 0 Å². The Bertz CT molecular complexity index is 1110. The highest BCUT2D eigenvalue weighted by molar-refractivity contribution is 5.99. The molecular formula is C27H32FN3O4. The van der Waals surface area contributed by atoms with Crippen molar-refractivity contribution in [3.05, 3.63) is 71.0 Å². The molecule has 0 aliphatic carbocycles. The molecule has 3 amide bonds. The fourth-order valence-corrected chi connectivity index (χ4v) is 4.77. The van der Waals surface area contributed by atoms with Crippen molar-refractivity contribution < 1.29 is 23.5 Å². The van der Waals surface area contributed by atoms with Gasteiger partial charge in [0.1, 0.15) is 17.6 Å². The third kappa shape index (κ3) is 5.22. The van der Waals surface area contributed by atoms with E-state index in [0.717, 1.165) is 5.56 Å². The molecule has 2 aliphatic rings. The molecule has 186 valence electrons. The fraction of sp³-hybridized carbons (Fsp3) is 0.444. The minimum atomic E-state index is -0.987. The Hall–Kier alpha value is -3.26. The Labute approximate surface area is 205 Å². The average Bonchev–Trinajstić information content (AvgIpc) is 3.20. The maximum atomic E-state index is 13.7. The second kappa shape index (κ2) is 10.2. The first-order valence-electron chi connectivity index (χ1n) is 12.1. The number of likely N-dealkylation sites (tertiary alicyclic amines) is 1. The van der Waals surface area contributed by atoms with Gasteiger partial charge in [0.2, 0.25) is 5.91 Å². The van der Waals surface area contributed by atoms with E-state index in [-0.39, 0.29) is 35.8 Å². The number of nitrogens with zero attached hydrogens (tertiary/aromatic N) is 2. The van der Waals surface area contributed by atoms with E-state index in [9.17, 15) is 18.8 Å². The van der Waals surface area contributed by atoms with Crippen LogP contribution in [0.1, 0.15) is 53.0 Å². The van der Waals surface area contributed by atoms with Gasteiger partial charge >= 0.3 is 0 Å². The number of aryl methyl sites for hydroxylation is 1. The smallest absolute Gasteiger partial charge is 0.256 e. The van der Waals surface area contributed by atoms with Crippen molar-refractivity contribution in [1.29, 1.82) is 0 Å². The normalized spacial score (nSPS) is 19.3. The standard InChI is InChI=1S/C27H32FN3O4/c1-18(2)16-29-24(32)23-17-35-27(31(23)26(34)20-7-4-6-19(3)14-20)10-12-30(13-11-27)25(33)21-8-5-9-22(28)15-21/h4-9,14-15,18,23H,10-13,16-17H2,1-3H3,(H,29,32)/t23-/m1/s1. The summed E-state index contributed by atoms with van der Waals surface area (Å²) in [5.74, 6) is -0.961. The molecule has 1 atom stereocenters. The summed E-state index contributed by atoms with van der Waals surface area (Å²) >= 11 is 0. The van der Waals surface area contributed by atoms with Crippen molar-refractivity contribution in [2.45, 2.75) is 45.4 Å². The average molecular weight is 482 g/mol. The number of hydrogen-bond acceptors (Lipinski definition) is 4. The predicted molar refractivity (Wildman–Crippen MR) is 129 cm³/mol. The van der Waals surface area contributed by atoms with Crippen LogP contribution in [-0.4, -0.2) is 65.5 Å². The van der Waals surface area contributed by atoms with Crippen molar-refractivity contribution >= 4 is 17.7 Å². The van der Waals surface area contributed by atoms with Gasteiger partial charge in [-0.15, -0.1) is 0 Å². The topological polar surface area (TPSA) is 79.0 Å². The lowest BCUT2D eigenvalue weighted by molar-refractivity contribution is -0.128. The molecule has 2 fully saturated rings. The highest BCUT2D eigenvalue weighted by Gasteiger charge is 2.54. The van der Waals surface area contributed by atoms with Crippen molar-refractivity contribution in [1.82, 2.24) is 15.1 Å². The van der Waals surface area contributed by atoms with Gasteiger partial charge < -0.3 is 15.0 Å². The minimum absolute atomic E-state index is 0.0966. The Morgan fingerprint density at radius 1 is 1.06 bits per heavy atom. The third-order valence-corrected chi connectivity index (χ3v) is 6.64. The number of halogens is 1. The second-order valence-electron chi connectivity index (χ2n) is 9.76. The maximum absolute atomic E-state index is 13.7. The highest BCUT2D eigenvalue weighted by Crippen LogP contribution is 2.39. The summed E-state index contributed by atoms with van der Waals surface area (Å²) in [4.78, 5) is 43.0. The molecular weight excluding hydrogens is 449 g/mol. The van der Waals surface area contributed by atoms with Gasteiger partial charge in [-0.05, 0) is 43.2 Å². The summed E-state index contributed by atoms with van der Waals surface area (Å²) in [7, 11) is 0. The number of carbonyl (C=O) groups excluding carboxylic acids is 3. The van der Waals surface area contributed by atoms with E-state index in [1.165, 1.54) is 18.2 Å². The van der Waals surface area contributed by atoms with Crippen LogP contribution < -0.4 is 5.32 Å². The first kappa shape index (κ1) is 24.9. The molecule has 2 saturated heterocycles. The molecule has 1 spiro atoms. The number of piperidine rings is 1. The quantitative estimate of drug-likeness (QED) is 0.710. The summed E-state index contributed by atoms with van der Waals surface area (Å²) in [5, 5.41) is 2.93. The van der Waals surface area contributed by atoms with E-state index >= 15 is 0 Å². The Morgan fingerprint density at radius 2 is 1.71 bits per heavy atom. The second-order valence-corrected chi connectivity index (χ2v) is 9.76. The number of ether oxygens (including phenoxy) is 1. The van der Waals surface area contributed by atoms with Crippen molar-refractivity contribution in [2.75, 3.05) is 26.2 Å². The molecule has 2 heterocycles. The van der Waals surface area contributed by atoms with Gasteiger partial charge in [-0.3, -0.25) is 19.3 Å².